The molecule has 3 aliphatic rings. The lowest BCUT2D eigenvalue weighted by molar-refractivity contribution is 0.138. The van der Waals surface area contributed by atoms with Crippen molar-refractivity contribution in [3.63, 3.8) is 0 Å². The van der Waals surface area contributed by atoms with Crippen LogP contribution in [0.4, 0.5) is 0 Å². The van der Waals surface area contributed by atoms with Crippen LogP contribution in [0.2, 0.25) is 0 Å². The average Bonchev–Trinajstić information content (AvgIpc) is 3.05. The van der Waals surface area contributed by atoms with E-state index in [9.17, 15) is 0 Å². The van der Waals surface area contributed by atoms with E-state index in [-0.39, 0.29) is 0 Å². The van der Waals surface area contributed by atoms with Gasteiger partial charge in [-0.15, -0.1) is 0 Å². The molecule has 1 saturated carbocycles. The summed E-state index contributed by atoms with van der Waals surface area (Å²) in [5, 5.41) is 7.76. The van der Waals surface area contributed by atoms with E-state index in [0.29, 0.717) is 17.3 Å². The van der Waals surface area contributed by atoms with Gasteiger partial charge in [0.1, 0.15) is 0 Å². The molecule has 3 heterocycles. The van der Waals surface area contributed by atoms with E-state index >= 15 is 0 Å². The van der Waals surface area contributed by atoms with E-state index in [1.54, 1.807) is 0 Å². The van der Waals surface area contributed by atoms with E-state index in [1.165, 1.54) is 51.7 Å². The van der Waals surface area contributed by atoms with Crippen molar-refractivity contribution < 1.29 is 4.52 Å². The number of rotatable bonds is 4. The second kappa shape index (κ2) is 5.36. The molecular weight excluding hydrogens is 264 g/mol. The molecule has 0 spiro atoms. The van der Waals surface area contributed by atoms with Crippen LogP contribution in [-0.2, 0) is 0 Å². The van der Waals surface area contributed by atoms with Crippen LogP contribution in [0.15, 0.2) is 4.52 Å². The highest BCUT2D eigenvalue weighted by molar-refractivity contribution is 5.05. The van der Waals surface area contributed by atoms with E-state index in [4.69, 9.17) is 4.52 Å². The summed E-state index contributed by atoms with van der Waals surface area (Å²) in [5.41, 5.74) is 0.443. The van der Waals surface area contributed by atoms with E-state index in [2.05, 4.69) is 27.3 Å². The Bertz CT molecular complexity index is 490. The highest BCUT2D eigenvalue weighted by Crippen LogP contribution is 2.39. The number of nitrogens with zero attached hydrogens (tertiary/aromatic N) is 3. The Balaban J connectivity index is 1.39. The van der Waals surface area contributed by atoms with Gasteiger partial charge in [0, 0.05) is 31.5 Å². The molecule has 0 aromatic carbocycles. The molecule has 1 aromatic heterocycles. The van der Waals surface area contributed by atoms with Crippen molar-refractivity contribution >= 4 is 0 Å². The summed E-state index contributed by atoms with van der Waals surface area (Å²) < 4.78 is 5.44. The Labute approximate surface area is 126 Å². The molecule has 5 nitrogen and oxygen atoms in total. The number of likely N-dealkylation sites (tertiary alicyclic amines) is 1. The summed E-state index contributed by atoms with van der Waals surface area (Å²) in [6, 6.07) is 0. The SMILES string of the molecule is CC1(CN2CCCC(c3noc(C4CC4)n3)C2)CCNC1. The Morgan fingerprint density at radius 2 is 2.24 bits per heavy atom. The zero-order chi connectivity index (χ0) is 14.3. The minimum absolute atomic E-state index is 0.443. The fourth-order valence-corrected chi connectivity index (χ4v) is 3.86. The molecule has 1 N–H and O–H groups in total. The average molecular weight is 290 g/mol. The minimum atomic E-state index is 0.443. The molecule has 116 valence electrons. The molecule has 2 unspecified atom stereocenters. The third-order valence-electron chi connectivity index (χ3n) is 5.32. The molecule has 3 fully saturated rings. The first-order valence-corrected chi connectivity index (χ1v) is 8.48. The van der Waals surface area contributed by atoms with Crippen LogP contribution in [0.1, 0.15) is 62.6 Å². The quantitative estimate of drug-likeness (QED) is 0.920. The largest absolute Gasteiger partial charge is 0.339 e. The molecule has 0 radical (unpaired) electrons. The second-order valence-electron chi connectivity index (χ2n) is 7.58. The van der Waals surface area contributed by atoms with Crippen molar-refractivity contribution in [1.29, 1.82) is 0 Å². The summed E-state index contributed by atoms with van der Waals surface area (Å²) in [4.78, 5) is 7.28. The summed E-state index contributed by atoms with van der Waals surface area (Å²) in [6.45, 7) is 8.25. The van der Waals surface area contributed by atoms with Gasteiger partial charge in [-0.2, -0.15) is 4.98 Å². The highest BCUT2D eigenvalue weighted by Gasteiger charge is 2.35. The maximum absolute atomic E-state index is 5.44. The molecule has 5 heteroatoms. The van der Waals surface area contributed by atoms with E-state index in [0.717, 1.165) is 24.8 Å². The van der Waals surface area contributed by atoms with Gasteiger partial charge in [-0.25, -0.2) is 0 Å². The molecule has 2 saturated heterocycles. The fraction of sp³-hybridized carbons (Fsp3) is 0.875. The van der Waals surface area contributed by atoms with E-state index < -0.39 is 0 Å². The Morgan fingerprint density at radius 1 is 1.33 bits per heavy atom. The standard InChI is InChI=1S/C16H26N4O/c1-16(6-7-17-10-16)11-20-8-2-3-13(9-20)14-18-15(21-19-14)12-4-5-12/h12-13,17H,2-11H2,1H3. The fourth-order valence-electron chi connectivity index (χ4n) is 3.86. The van der Waals surface area contributed by atoms with Crippen LogP contribution >= 0.6 is 0 Å². The number of nitrogens with one attached hydrogen (secondary N) is 1. The van der Waals surface area contributed by atoms with Gasteiger partial charge in [-0.3, -0.25) is 0 Å². The predicted molar refractivity (Wildman–Crippen MR) is 80.3 cm³/mol. The zero-order valence-electron chi connectivity index (χ0n) is 13.0. The predicted octanol–water partition coefficient (Wildman–Crippen LogP) is 2.13. The number of hydrogen-bond acceptors (Lipinski definition) is 5. The van der Waals surface area contributed by atoms with Gasteiger partial charge in [0.15, 0.2) is 5.82 Å². The van der Waals surface area contributed by atoms with Crippen molar-refractivity contribution in [3.05, 3.63) is 11.7 Å². The van der Waals surface area contributed by atoms with Crippen LogP contribution in [0.3, 0.4) is 0 Å². The van der Waals surface area contributed by atoms with Crippen molar-refractivity contribution in [2.75, 3.05) is 32.7 Å². The van der Waals surface area contributed by atoms with Gasteiger partial charge in [-0.1, -0.05) is 12.1 Å². The first-order valence-electron chi connectivity index (χ1n) is 8.48. The number of piperidine rings is 1. The maximum Gasteiger partial charge on any atom is 0.229 e. The van der Waals surface area contributed by atoms with Gasteiger partial charge < -0.3 is 14.7 Å². The van der Waals surface area contributed by atoms with Gasteiger partial charge in [0.25, 0.3) is 0 Å². The lowest BCUT2D eigenvalue weighted by Gasteiger charge is -2.36. The lowest BCUT2D eigenvalue weighted by atomic mass is 9.87. The summed E-state index contributed by atoms with van der Waals surface area (Å²) in [6.07, 6.45) is 6.20. The third-order valence-corrected chi connectivity index (χ3v) is 5.32. The van der Waals surface area contributed by atoms with Crippen molar-refractivity contribution in [3.8, 4) is 0 Å². The lowest BCUT2D eigenvalue weighted by Crippen LogP contribution is -2.42. The maximum atomic E-state index is 5.44. The molecule has 2 aliphatic heterocycles. The Morgan fingerprint density at radius 3 is 3.00 bits per heavy atom. The summed E-state index contributed by atoms with van der Waals surface area (Å²) in [7, 11) is 0. The van der Waals surface area contributed by atoms with Gasteiger partial charge in [-0.05, 0) is 50.6 Å². The Kier molecular flexibility index (Phi) is 3.50. The second-order valence-corrected chi connectivity index (χ2v) is 7.58. The third kappa shape index (κ3) is 2.99. The van der Waals surface area contributed by atoms with Crippen LogP contribution in [0.5, 0.6) is 0 Å². The highest BCUT2D eigenvalue weighted by atomic mass is 16.5. The molecule has 0 amide bonds. The van der Waals surface area contributed by atoms with Crippen molar-refractivity contribution in [1.82, 2.24) is 20.4 Å². The molecule has 21 heavy (non-hydrogen) atoms. The first kappa shape index (κ1) is 13.7. The monoisotopic (exact) mass is 290 g/mol. The number of hydrogen-bond donors (Lipinski definition) is 1. The van der Waals surface area contributed by atoms with Crippen molar-refractivity contribution in [2.24, 2.45) is 5.41 Å². The van der Waals surface area contributed by atoms with E-state index in [1.807, 2.05) is 0 Å². The normalized spacial score (nSPS) is 34.4. The molecule has 0 bridgehead atoms. The zero-order valence-corrected chi connectivity index (χ0v) is 13.0. The number of aromatic nitrogens is 2. The molecular formula is C16H26N4O. The van der Waals surface area contributed by atoms with Gasteiger partial charge in [0.2, 0.25) is 5.89 Å². The first-order chi connectivity index (χ1) is 10.2. The summed E-state index contributed by atoms with van der Waals surface area (Å²) in [5.74, 6) is 2.87. The van der Waals surface area contributed by atoms with Gasteiger partial charge in [0.05, 0.1) is 0 Å². The van der Waals surface area contributed by atoms with Gasteiger partial charge >= 0.3 is 0 Å². The van der Waals surface area contributed by atoms with Crippen LogP contribution < -0.4 is 5.32 Å². The molecule has 4 rings (SSSR count). The van der Waals surface area contributed by atoms with Crippen LogP contribution in [0.25, 0.3) is 0 Å². The minimum Gasteiger partial charge on any atom is -0.339 e. The molecule has 1 aliphatic carbocycles. The topological polar surface area (TPSA) is 54.2 Å². The molecule has 2 atom stereocenters. The molecule has 1 aromatic rings. The summed E-state index contributed by atoms with van der Waals surface area (Å²) >= 11 is 0. The van der Waals surface area contributed by atoms with Crippen LogP contribution in [0, 0.1) is 5.41 Å². The smallest absolute Gasteiger partial charge is 0.229 e. The van der Waals surface area contributed by atoms with Crippen LogP contribution in [-0.4, -0.2) is 47.8 Å². The van der Waals surface area contributed by atoms with Crippen molar-refractivity contribution in [2.45, 2.75) is 50.9 Å². The Hall–Kier alpha value is -0.940.